The van der Waals surface area contributed by atoms with Crippen LogP contribution in [-0.4, -0.2) is 25.0 Å². The van der Waals surface area contributed by atoms with Crippen molar-refractivity contribution in [2.24, 2.45) is 23.2 Å². The predicted molar refractivity (Wildman–Crippen MR) is 105 cm³/mol. The van der Waals surface area contributed by atoms with Crippen molar-refractivity contribution in [3.05, 3.63) is 24.3 Å². The van der Waals surface area contributed by atoms with Gasteiger partial charge in [0.25, 0.3) is 5.91 Å². The number of benzene rings is 1. The molecule has 0 spiro atoms. The van der Waals surface area contributed by atoms with E-state index in [4.69, 9.17) is 9.47 Å². The summed E-state index contributed by atoms with van der Waals surface area (Å²) in [6.45, 7) is 2.38. The van der Waals surface area contributed by atoms with Crippen LogP contribution in [0.15, 0.2) is 24.3 Å². The minimum Gasteiger partial charge on any atom is -0.494 e. The lowest BCUT2D eigenvalue weighted by Crippen LogP contribution is -2.50. The van der Waals surface area contributed by atoms with Crippen molar-refractivity contribution in [2.45, 2.75) is 51.9 Å². The largest absolute Gasteiger partial charge is 0.494 e. The van der Waals surface area contributed by atoms with Crippen LogP contribution in [0.1, 0.15) is 51.9 Å². The van der Waals surface area contributed by atoms with E-state index < -0.39 is 0 Å². The first-order valence-corrected chi connectivity index (χ1v) is 10.5. The van der Waals surface area contributed by atoms with Crippen molar-refractivity contribution in [3.63, 3.8) is 0 Å². The van der Waals surface area contributed by atoms with Crippen LogP contribution in [0.3, 0.4) is 0 Å². The van der Waals surface area contributed by atoms with Crippen LogP contribution in [0.5, 0.6) is 11.5 Å². The van der Waals surface area contributed by atoms with Crippen LogP contribution in [0.25, 0.3) is 0 Å². The normalized spacial score (nSPS) is 30.0. The van der Waals surface area contributed by atoms with Crippen molar-refractivity contribution < 1.29 is 19.1 Å². The molecule has 1 aromatic carbocycles. The van der Waals surface area contributed by atoms with E-state index in [1.165, 1.54) is 38.5 Å². The van der Waals surface area contributed by atoms with Crippen LogP contribution in [-0.2, 0) is 9.59 Å². The average Bonchev–Trinajstić information content (AvgIpc) is 2.64. The predicted octanol–water partition coefficient (Wildman–Crippen LogP) is 3.22. The minimum absolute atomic E-state index is 0.0867. The highest BCUT2D eigenvalue weighted by Crippen LogP contribution is 2.61. The van der Waals surface area contributed by atoms with Crippen molar-refractivity contribution in [1.29, 1.82) is 0 Å². The number of hydrogen-bond donors (Lipinski definition) is 2. The Labute approximate surface area is 166 Å². The highest BCUT2D eigenvalue weighted by molar-refractivity contribution is 5.83. The van der Waals surface area contributed by atoms with Gasteiger partial charge in [-0.15, -0.1) is 0 Å². The first kappa shape index (κ1) is 19.1. The second-order valence-corrected chi connectivity index (χ2v) is 8.88. The number of hydrazine groups is 1. The lowest BCUT2D eigenvalue weighted by Gasteiger charge is -2.56. The third kappa shape index (κ3) is 4.42. The fourth-order valence-corrected chi connectivity index (χ4v) is 6.01. The summed E-state index contributed by atoms with van der Waals surface area (Å²) in [5.74, 6) is 3.34. The molecule has 4 fully saturated rings. The fraction of sp³-hybridized carbons (Fsp3) is 0.636. The van der Waals surface area contributed by atoms with Gasteiger partial charge in [-0.1, -0.05) is 0 Å². The monoisotopic (exact) mass is 386 g/mol. The van der Waals surface area contributed by atoms with Gasteiger partial charge in [0.05, 0.1) is 6.61 Å². The highest BCUT2D eigenvalue weighted by Gasteiger charge is 2.51. The number of amides is 2. The Bertz CT molecular complexity index is 680. The molecule has 2 N–H and O–H groups in total. The molecular weight excluding hydrogens is 356 g/mol. The van der Waals surface area contributed by atoms with Crippen molar-refractivity contribution >= 4 is 11.8 Å². The SMILES string of the molecule is CCOc1ccc(OCC(=O)NNC(=O)CC23CC4CC(CC(C4)C2)C3)cc1. The molecule has 28 heavy (non-hydrogen) atoms. The van der Waals surface area contributed by atoms with E-state index in [9.17, 15) is 9.59 Å². The maximum atomic E-state index is 12.4. The first-order valence-electron chi connectivity index (χ1n) is 10.5. The summed E-state index contributed by atoms with van der Waals surface area (Å²) in [7, 11) is 0. The Morgan fingerprint density at radius 3 is 1.93 bits per heavy atom. The number of nitrogens with one attached hydrogen (secondary N) is 2. The molecule has 0 radical (unpaired) electrons. The Kier molecular flexibility index (Phi) is 5.47. The number of carbonyl (C=O) groups excluding carboxylic acids is 2. The molecule has 6 nitrogen and oxygen atoms in total. The Morgan fingerprint density at radius 1 is 0.893 bits per heavy atom. The maximum absolute atomic E-state index is 12.4. The average molecular weight is 386 g/mol. The third-order valence-corrected chi connectivity index (χ3v) is 6.55. The minimum atomic E-state index is -0.368. The Hall–Kier alpha value is -2.24. The number of ether oxygens (including phenoxy) is 2. The molecular formula is C22H30N2O4. The summed E-state index contributed by atoms with van der Waals surface area (Å²) in [4.78, 5) is 24.4. The molecule has 0 atom stereocenters. The van der Waals surface area contributed by atoms with Gasteiger partial charge in [0.1, 0.15) is 11.5 Å². The molecule has 6 heteroatoms. The molecule has 0 aromatic heterocycles. The van der Waals surface area contributed by atoms with E-state index in [1.54, 1.807) is 24.3 Å². The molecule has 4 saturated carbocycles. The second kappa shape index (κ2) is 8.02. The summed E-state index contributed by atoms with van der Waals surface area (Å²) in [5, 5.41) is 0. The second-order valence-electron chi connectivity index (χ2n) is 8.88. The number of hydrogen-bond acceptors (Lipinski definition) is 4. The molecule has 4 bridgehead atoms. The maximum Gasteiger partial charge on any atom is 0.276 e. The topological polar surface area (TPSA) is 76.7 Å². The molecule has 2 amide bonds. The van der Waals surface area contributed by atoms with E-state index in [2.05, 4.69) is 10.9 Å². The lowest BCUT2D eigenvalue weighted by atomic mass is 9.49. The summed E-state index contributed by atoms with van der Waals surface area (Å²) in [6, 6.07) is 7.10. The standard InChI is InChI=1S/C22H30N2O4/c1-2-27-18-3-5-19(6-4-18)28-14-21(26)24-23-20(25)13-22-10-15-7-16(11-22)9-17(8-15)12-22/h3-6,15-17H,2,7-14H2,1H3,(H,23,25)(H,24,26). The molecule has 1 aromatic rings. The van der Waals surface area contributed by atoms with Crippen LogP contribution in [0.2, 0.25) is 0 Å². The van der Waals surface area contributed by atoms with Gasteiger partial charge in [-0.05, 0) is 92.9 Å². The van der Waals surface area contributed by atoms with E-state index in [0.717, 1.165) is 23.5 Å². The first-order chi connectivity index (χ1) is 13.5. The van der Waals surface area contributed by atoms with Crippen molar-refractivity contribution in [2.75, 3.05) is 13.2 Å². The number of rotatable bonds is 7. The van der Waals surface area contributed by atoms with E-state index in [-0.39, 0.29) is 23.8 Å². The fourth-order valence-electron chi connectivity index (χ4n) is 6.01. The Morgan fingerprint density at radius 2 is 1.39 bits per heavy atom. The van der Waals surface area contributed by atoms with Crippen LogP contribution in [0, 0.1) is 23.2 Å². The van der Waals surface area contributed by atoms with Crippen molar-refractivity contribution in [1.82, 2.24) is 10.9 Å². The van der Waals surface area contributed by atoms with Crippen LogP contribution >= 0.6 is 0 Å². The van der Waals surface area contributed by atoms with Gasteiger partial charge in [-0.2, -0.15) is 0 Å². The lowest BCUT2D eigenvalue weighted by molar-refractivity contribution is -0.134. The molecule has 0 unspecified atom stereocenters. The van der Waals surface area contributed by atoms with Crippen LogP contribution < -0.4 is 20.3 Å². The zero-order chi connectivity index (χ0) is 19.6. The third-order valence-electron chi connectivity index (χ3n) is 6.55. The van der Waals surface area contributed by atoms with Gasteiger partial charge in [0.15, 0.2) is 6.61 Å². The zero-order valence-corrected chi connectivity index (χ0v) is 16.5. The molecule has 0 saturated heterocycles. The molecule has 0 aliphatic heterocycles. The van der Waals surface area contributed by atoms with Gasteiger partial charge in [-0.3, -0.25) is 20.4 Å². The summed E-state index contributed by atoms with van der Waals surface area (Å²) in [6.07, 6.45) is 8.15. The van der Waals surface area contributed by atoms with E-state index in [0.29, 0.717) is 18.8 Å². The van der Waals surface area contributed by atoms with E-state index in [1.807, 2.05) is 6.92 Å². The molecule has 152 valence electrons. The molecule has 4 aliphatic carbocycles. The van der Waals surface area contributed by atoms with Gasteiger partial charge < -0.3 is 9.47 Å². The van der Waals surface area contributed by atoms with Gasteiger partial charge in [-0.25, -0.2) is 0 Å². The zero-order valence-electron chi connectivity index (χ0n) is 16.5. The highest BCUT2D eigenvalue weighted by atomic mass is 16.5. The van der Waals surface area contributed by atoms with Gasteiger partial charge in [0, 0.05) is 6.42 Å². The smallest absolute Gasteiger partial charge is 0.276 e. The van der Waals surface area contributed by atoms with Crippen LogP contribution in [0.4, 0.5) is 0 Å². The molecule has 5 rings (SSSR count). The summed E-state index contributed by atoms with van der Waals surface area (Å²) >= 11 is 0. The summed E-state index contributed by atoms with van der Waals surface area (Å²) in [5.41, 5.74) is 5.23. The quantitative estimate of drug-likeness (QED) is 0.706. The van der Waals surface area contributed by atoms with Gasteiger partial charge >= 0.3 is 0 Å². The Balaban J connectivity index is 1.19. The molecule has 0 heterocycles. The molecule has 4 aliphatic rings. The number of carbonyl (C=O) groups is 2. The van der Waals surface area contributed by atoms with Gasteiger partial charge in [0.2, 0.25) is 5.91 Å². The van der Waals surface area contributed by atoms with E-state index >= 15 is 0 Å². The van der Waals surface area contributed by atoms with Crippen molar-refractivity contribution in [3.8, 4) is 11.5 Å². The summed E-state index contributed by atoms with van der Waals surface area (Å²) < 4.78 is 10.8.